The van der Waals surface area contributed by atoms with Crippen molar-refractivity contribution in [3.63, 3.8) is 0 Å². The minimum absolute atomic E-state index is 0.00460. The first kappa shape index (κ1) is 17.1. The van der Waals surface area contributed by atoms with Crippen LogP contribution in [0.1, 0.15) is 5.56 Å². The molecule has 25 heavy (non-hydrogen) atoms. The van der Waals surface area contributed by atoms with Crippen LogP contribution in [0.2, 0.25) is 0 Å². The third kappa shape index (κ3) is 3.40. The molecule has 0 fully saturated rings. The van der Waals surface area contributed by atoms with Crippen LogP contribution in [-0.2, 0) is 16.4 Å². The minimum atomic E-state index is -3.98. The van der Waals surface area contributed by atoms with Crippen LogP contribution in [0, 0.1) is 11.5 Å². The molecule has 1 aromatic heterocycles. The second-order valence-corrected chi connectivity index (χ2v) is 7.52. The number of hydrogen-bond donors (Lipinski definition) is 0. The van der Waals surface area contributed by atoms with Gasteiger partial charge in [0.1, 0.15) is 21.7 Å². The van der Waals surface area contributed by atoms with Crippen LogP contribution in [0.25, 0.3) is 11.0 Å². The Morgan fingerprint density at radius 1 is 1.20 bits per heavy atom. The summed E-state index contributed by atoms with van der Waals surface area (Å²) in [7, 11) is -2.40. The van der Waals surface area contributed by atoms with Crippen molar-refractivity contribution in [1.82, 2.24) is 13.1 Å². The molecule has 3 aromatic rings. The molecule has 3 rings (SSSR count). The van der Waals surface area contributed by atoms with E-state index in [-0.39, 0.29) is 17.0 Å². The molecule has 0 amide bonds. The summed E-state index contributed by atoms with van der Waals surface area (Å²) in [5, 5.41) is 9.35. The number of sulfonamides is 1. The largest absolute Gasteiger partial charge is 0.497 e. The molecular weight excluding hydrogens is 360 g/mol. The number of hydrogen-bond acceptors (Lipinski definition) is 7. The molecule has 0 aliphatic heterocycles. The maximum atomic E-state index is 12.8. The third-order valence-electron chi connectivity index (χ3n) is 3.69. The van der Waals surface area contributed by atoms with Crippen LogP contribution >= 0.6 is 11.7 Å². The predicted octanol–water partition coefficient (Wildman–Crippen LogP) is 2.41. The number of nitriles is 1. The Hall–Kier alpha value is -2.70. The van der Waals surface area contributed by atoms with Gasteiger partial charge >= 0.3 is 0 Å². The van der Waals surface area contributed by atoms with Crippen molar-refractivity contribution >= 4 is 32.8 Å². The van der Waals surface area contributed by atoms with E-state index >= 15 is 0 Å². The number of fused-ring (bicyclic) bond motifs is 1. The zero-order chi connectivity index (χ0) is 17.9. The van der Waals surface area contributed by atoms with Crippen molar-refractivity contribution in [3.05, 3.63) is 48.0 Å². The fourth-order valence-corrected chi connectivity index (χ4v) is 4.28. The molecule has 0 saturated heterocycles. The van der Waals surface area contributed by atoms with Crippen LogP contribution in [0.15, 0.2) is 47.4 Å². The Balaban J connectivity index is 1.84. The number of ether oxygens (including phenoxy) is 1. The molecule has 0 aliphatic rings. The molecule has 0 aliphatic carbocycles. The Labute approximate surface area is 149 Å². The summed E-state index contributed by atoms with van der Waals surface area (Å²) in [6.07, 6.45) is 2.17. The number of aromatic nitrogens is 2. The van der Waals surface area contributed by atoms with Crippen LogP contribution < -0.4 is 4.74 Å². The topological polar surface area (TPSA) is 96.2 Å². The predicted molar refractivity (Wildman–Crippen MR) is 93.6 cm³/mol. The van der Waals surface area contributed by atoms with Gasteiger partial charge in [0.15, 0.2) is 6.19 Å². The lowest BCUT2D eigenvalue weighted by atomic mass is 10.1. The fourth-order valence-electron chi connectivity index (χ4n) is 2.36. The summed E-state index contributed by atoms with van der Waals surface area (Å²) in [6, 6.07) is 12.0. The smallest absolute Gasteiger partial charge is 0.274 e. The highest BCUT2D eigenvalue weighted by molar-refractivity contribution is 7.89. The van der Waals surface area contributed by atoms with Gasteiger partial charge in [-0.1, -0.05) is 18.2 Å². The van der Waals surface area contributed by atoms with Gasteiger partial charge in [-0.3, -0.25) is 0 Å². The second kappa shape index (κ2) is 7.04. The van der Waals surface area contributed by atoms with Gasteiger partial charge in [-0.05, 0) is 36.2 Å². The van der Waals surface area contributed by atoms with E-state index in [0.29, 0.717) is 11.9 Å². The zero-order valence-electron chi connectivity index (χ0n) is 13.3. The van der Waals surface area contributed by atoms with Gasteiger partial charge in [0.2, 0.25) is 0 Å². The van der Waals surface area contributed by atoms with E-state index in [1.54, 1.807) is 37.6 Å². The van der Waals surface area contributed by atoms with Gasteiger partial charge in [-0.25, -0.2) is 12.7 Å². The average Bonchev–Trinajstić information content (AvgIpc) is 3.11. The van der Waals surface area contributed by atoms with E-state index in [1.807, 2.05) is 12.1 Å². The first-order valence-corrected chi connectivity index (χ1v) is 9.50. The molecule has 0 unspecified atom stereocenters. The maximum absolute atomic E-state index is 12.8. The molecule has 128 valence electrons. The Bertz CT molecular complexity index is 1020. The monoisotopic (exact) mass is 374 g/mol. The van der Waals surface area contributed by atoms with Gasteiger partial charge in [0, 0.05) is 6.54 Å². The van der Waals surface area contributed by atoms with Crippen LogP contribution in [-0.4, -0.2) is 35.1 Å². The van der Waals surface area contributed by atoms with E-state index in [0.717, 1.165) is 27.3 Å². The molecular formula is C16H14N4O3S2. The van der Waals surface area contributed by atoms with E-state index in [9.17, 15) is 13.7 Å². The summed E-state index contributed by atoms with van der Waals surface area (Å²) in [4.78, 5) is -0.00460. The van der Waals surface area contributed by atoms with Crippen molar-refractivity contribution in [2.24, 2.45) is 0 Å². The van der Waals surface area contributed by atoms with Gasteiger partial charge in [0.25, 0.3) is 10.0 Å². The van der Waals surface area contributed by atoms with Crippen molar-refractivity contribution in [2.75, 3.05) is 13.7 Å². The quantitative estimate of drug-likeness (QED) is 0.486. The van der Waals surface area contributed by atoms with E-state index in [4.69, 9.17) is 4.74 Å². The second-order valence-electron chi connectivity index (χ2n) is 5.16. The summed E-state index contributed by atoms with van der Waals surface area (Å²) >= 11 is 0.938. The lowest BCUT2D eigenvalue weighted by Crippen LogP contribution is -2.28. The first-order valence-electron chi connectivity index (χ1n) is 7.33. The Kier molecular flexibility index (Phi) is 4.83. The van der Waals surface area contributed by atoms with E-state index in [2.05, 4.69) is 8.75 Å². The highest BCUT2D eigenvalue weighted by atomic mass is 32.2. The fraction of sp³-hybridized carbons (Fsp3) is 0.188. The van der Waals surface area contributed by atoms with Crippen molar-refractivity contribution in [2.45, 2.75) is 11.3 Å². The van der Waals surface area contributed by atoms with Crippen molar-refractivity contribution in [3.8, 4) is 11.9 Å². The van der Waals surface area contributed by atoms with E-state index in [1.165, 1.54) is 6.07 Å². The summed E-state index contributed by atoms with van der Waals surface area (Å²) in [5.74, 6) is 0.719. The number of rotatable bonds is 6. The molecule has 0 atom stereocenters. The molecule has 0 saturated carbocycles. The maximum Gasteiger partial charge on any atom is 0.274 e. The number of nitrogens with zero attached hydrogens (tertiary/aromatic N) is 4. The molecule has 1 heterocycles. The normalized spacial score (nSPS) is 11.2. The van der Waals surface area contributed by atoms with Gasteiger partial charge in [-0.2, -0.15) is 14.0 Å². The van der Waals surface area contributed by atoms with Gasteiger partial charge < -0.3 is 4.74 Å². The number of methoxy groups -OCH3 is 1. The first-order chi connectivity index (χ1) is 12.1. The summed E-state index contributed by atoms with van der Waals surface area (Å²) < 4.78 is 39.6. The van der Waals surface area contributed by atoms with Crippen LogP contribution in [0.5, 0.6) is 5.75 Å². The van der Waals surface area contributed by atoms with E-state index < -0.39 is 10.0 Å². The molecule has 0 N–H and O–H groups in total. The molecule has 2 aromatic carbocycles. The standard InChI is InChI=1S/C16H14N4O3S2/c1-23-13-7-5-12(6-8-13)9-10-20(11-17)25(21,22)15-4-2-3-14-16(15)19-24-18-14/h2-8H,9-10H2,1H3. The summed E-state index contributed by atoms with van der Waals surface area (Å²) in [5.41, 5.74) is 1.70. The van der Waals surface area contributed by atoms with Crippen molar-refractivity contribution in [1.29, 1.82) is 5.26 Å². The molecule has 7 nitrogen and oxygen atoms in total. The Morgan fingerprint density at radius 2 is 1.96 bits per heavy atom. The molecule has 0 bridgehead atoms. The van der Waals surface area contributed by atoms with Gasteiger partial charge in [0.05, 0.1) is 18.8 Å². The highest BCUT2D eigenvalue weighted by Crippen LogP contribution is 2.24. The lowest BCUT2D eigenvalue weighted by molar-refractivity contribution is 0.414. The van der Waals surface area contributed by atoms with Crippen LogP contribution in [0.4, 0.5) is 0 Å². The summed E-state index contributed by atoms with van der Waals surface area (Å²) in [6.45, 7) is 0.0408. The SMILES string of the molecule is COc1ccc(CCN(C#N)S(=O)(=O)c2cccc3nsnc23)cc1. The van der Waals surface area contributed by atoms with Crippen LogP contribution in [0.3, 0.4) is 0 Å². The third-order valence-corrected chi connectivity index (χ3v) is 5.96. The van der Waals surface area contributed by atoms with Crippen molar-refractivity contribution < 1.29 is 13.2 Å². The average molecular weight is 374 g/mol. The van der Waals surface area contributed by atoms with Gasteiger partial charge in [-0.15, -0.1) is 0 Å². The highest BCUT2D eigenvalue weighted by Gasteiger charge is 2.26. The molecule has 9 heteroatoms. The molecule has 0 spiro atoms. The minimum Gasteiger partial charge on any atom is -0.497 e. The molecule has 0 radical (unpaired) electrons. The Morgan fingerprint density at radius 3 is 2.64 bits per heavy atom. The number of benzene rings is 2. The lowest BCUT2D eigenvalue weighted by Gasteiger charge is -2.16. The zero-order valence-corrected chi connectivity index (χ0v) is 14.9.